The molecule has 0 aliphatic heterocycles. The Hall–Kier alpha value is -0.970. The molecule has 0 saturated heterocycles. The molecule has 4 heteroatoms. The summed E-state index contributed by atoms with van der Waals surface area (Å²) in [6.45, 7) is 0.481. The predicted molar refractivity (Wildman–Crippen MR) is 63.0 cm³/mol. The molecule has 0 aromatic heterocycles. The summed E-state index contributed by atoms with van der Waals surface area (Å²) in [4.78, 5) is 0. The van der Waals surface area contributed by atoms with Gasteiger partial charge in [0.2, 0.25) is 0 Å². The van der Waals surface area contributed by atoms with Crippen molar-refractivity contribution in [1.29, 1.82) is 0 Å². The monoisotopic (exact) mass is 239 g/mol. The van der Waals surface area contributed by atoms with Crippen molar-refractivity contribution in [2.24, 2.45) is 0 Å². The van der Waals surface area contributed by atoms with Gasteiger partial charge in [-0.25, -0.2) is 4.39 Å². The summed E-state index contributed by atoms with van der Waals surface area (Å²) in [5.41, 5.74) is 0.479. The van der Waals surface area contributed by atoms with E-state index in [0.717, 1.165) is 19.3 Å². The van der Waals surface area contributed by atoms with Gasteiger partial charge in [0.05, 0.1) is 12.7 Å². The Labute approximate surface area is 100 Å². The average Bonchev–Trinajstić information content (AvgIpc) is 2.29. The van der Waals surface area contributed by atoms with E-state index >= 15 is 0 Å². The Bertz CT molecular complexity index is 357. The molecule has 0 amide bonds. The molecule has 3 nitrogen and oxygen atoms in total. The first kappa shape index (κ1) is 12.5. The Morgan fingerprint density at radius 2 is 1.94 bits per heavy atom. The maximum Gasteiger partial charge on any atom is 0.123 e. The number of hydrogen-bond donors (Lipinski definition) is 3. The topological polar surface area (TPSA) is 52.5 Å². The molecule has 94 valence electrons. The zero-order valence-electron chi connectivity index (χ0n) is 9.69. The summed E-state index contributed by atoms with van der Waals surface area (Å²) in [6.07, 6.45) is 2.33. The van der Waals surface area contributed by atoms with E-state index in [-0.39, 0.29) is 18.0 Å². The van der Waals surface area contributed by atoms with Crippen LogP contribution in [0.4, 0.5) is 4.39 Å². The van der Waals surface area contributed by atoms with Crippen molar-refractivity contribution in [3.8, 4) is 0 Å². The van der Waals surface area contributed by atoms with Crippen LogP contribution < -0.4 is 5.32 Å². The minimum absolute atomic E-state index is 0.100. The lowest BCUT2D eigenvalue weighted by molar-refractivity contribution is 0.0687. The zero-order chi connectivity index (χ0) is 12.3. The van der Waals surface area contributed by atoms with Crippen LogP contribution in [0.25, 0.3) is 0 Å². The van der Waals surface area contributed by atoms with Crippen molar-refractivity contribution in [2.75, 3.05) is 13.2 Å². The Morgan fingerprint density at radius 3 is 2.41 bits per heavy atom. The summed E-state index contributed by atoms with van der Waals surface area (Å²) >= 11 is 0. The fourth-order valence-electron chi connectivity index (χ4n) is 2.11. The summed E-state index contributed by atoms with van der Waals surface area (Å²) < 4.78 is 12.7. The van der Waals surface area contributed by atoms with Crippen molar-refractivity contribution in [3.63, 3.8) is 0 Å². The molecule has 1 aliphatic rings. The first-order valence-electron chi connectivity index (χ1n) is 5.95. The van der Waals surface area contributed by atoms with Crippen molar-refractivity contribution < 1.29 is 14.6 Å². The summed E-state index contributed by atoms with van der Waals surface area (Å²) in [5, 5.41) is 22.4. The van der Waals surface area contributed by atoms with Crippen molar-refractivity contribution in [3.05, 3.63) is 35.6 Å². The molecule has 1 unspecified atom stereocenters. The third-order valence-corrected chi connectivity index (χ3v) is 3.54. The molecule has 0 heterocycles. The van der Waals surface area contributed by atoms with Gasteiger partial charge < -0.3 is 15.5 Å². The van der Waals surface area contributed by atoms with Crippen LogP contribution in [0.15, 0.2) is 24.3 Å². The molecule has 1 atom stereocenters. The molecular formula is C13H18FNO2. The van der Waals surface area contributed by atoms with Crippen LogP contribution in [0.1, 0.15) is 30.9 Å². The highest BCUT2D eigenvalue weighted by molar-refractivity contribution is 5.19. The van der Waals surface area contributed by atoms with Gasteiger partial charge in [-0.15, -0.1) is 0 Å². The van der Waals surface area contributed by atoms with Gasteiger partial charge in [0.15, 0.2) is 0 Å². The molecule has 0 radical (unpaired) electrons. The van der Waals surface area contributed by atoms with E-state index in [1.54, 1.807) is 12.1 Å². The van der Waals surface area contributed by atoms with E-state index in [0.29, 0.717) is 12.1 Å². The third kappa shape index (κ3) is 2.83. The van der Waals surface area contributed by atoms with E-state index in [4.69, 9.17) is 0 Å². The lowest BCUT2D eigenvalue weighted by Crippen LogP contribution is -2.54. The lowest BCUT2D eigenvalue weighted by atomic mass is 9.77. The third-order valence-electron chi connectivity index (χ3n) is 3.54. The fourth-order valence-corrected chi connectivity index (χ4v) is 2.11. The lowest BCUT2D eigenvalue weighted by Gasteiger charge is -2.41. The quantitative estimate of drug-likeness (QED) is 0.727. The number of hydrogen-bond acceptors (Lipinski definition) is 3. The highest BCUT2D eigenvalue weighted by Gasteiger charge is 2.36. The minimum atomic E-state index is -0.667. The Morgan fingerprint density at radius 1 is 1.29 bits per heavy atom. The van der Waals surface area contributed by atoms with E-state index < -0.39 is 6.10 Å². The standard InChI is InChI=1S/C13H18FNO2/c14-11-4-2-10(3-5-11)12(17)8-15-13(9-16)6-1-7-13/h2-5,12,15-17H,1,6-9H2. The number of rotatable bonds is 5. The molecule has 17 heavy (non-hydrogen) atoms. The molecule has 1 aliphatic carbocycles. The van der Waals surface area contributed by atoms with Gasteiger partial charge in [-0.1, -0.05) is 12.1 Å². The molecule has 1 aromatic carbocycles. The SMILES string of the molecule is OCC1(NCC(O)c2ccc(F)cc2)CCC1. The number of β-amino-alcohol motifs (C(OH)–C–C–N with tert-alkyl or cyclic N) is 1. The minimum Gasteiger partial charge on any atom is -0.394 e. The number of aliphatic hydroxyl groups excluding tert-OH is 2. The van der Waals surface area contributed by atoms with Gasteiger partial charge in [-0.2, -0.15) is 0 Å². The first-order valence-corrected chi connectivity index (χ1v) is 5.95. The van der Waals surface area contributed by atoms with Gasteiger partial charge >= 0.3 is 0 Å². The van der Waals surface area contributed by atoms with E-state index in [2.05, 4.69) is 5.32 Å². The molecule has 1 saturated carbocycles. The summed E-state index contributed by atoms with van der Waals surface area (Å²) in [7, 11) is 0. The van der Waals surface area contributed by atoms with Gasteiger partial charge in [-0.3, -0.25) is 0 Å². The smallest absolute Gasteiger partial charge is 0.123 e. The molecule has 0 spiro atoms. The van der Waals surface area contributed by atoms with Crippen molar-refractivity contribution in [2.45, 2.75) is 30.9 Å². The normalized spacial score (nSPS) is 19.7. The van der Waals surface area contributed by atoms with Gasteiger partial charge in [0.25, 0.3) is 0 Å². The number of nitrogens with one attached hydrogen (secondary N) is 1. The fraction of sp³-hybridized carbons (Fsp3) is 0.538. The molecule has 3 N–H and O–H groups in total. The zero-order valence-corrected chi connectivity index (χ0v) is 9.69. The molecule has 2 rings (SSSR count). The van der Waals surface area contributed by atoms with Gasteiger partial charge in [0.1, 0.15) is 5.82 Å². The highest BCUT2D eigenvalue weighted by Crippen LogP contribution is 2.31. The Kier molecular flexibility index (Phi) is 3.76. The average molecular weight is 239 g/mol. The van der Waals surface area contributed by atoms with Crippen LogP contribution in [-0.4, -0.2) is 28.9 Å². The summed E-state index contributed by atoms with van der Waals surface area (Å²) in [6, 6.07) is 5.83. The Balaban J connectivity index is 1.88. The predicted octanol–water partition coefficient (Wildman–Crippen LogP) is 1.36. The number of halogens is 1. The molecule has 1 fully saturated rings. The molecule has 1 aromatic rings. The van der Waals surface area contributed by atoms with Crippen LogP contribution in [-0.2, 0) is 0 Å². The second-order valence-electron chi connectivity index (χ2n) is 4.74. The van der Waals surface area contributed by atoms with Crippen molar-refractivity contribution >= 4 is 0 Å². The molecule has 0 bridgehead atoms. The van der Waals surface area contributed by atoms with Gasteiger partial charge in [0, 0.05) is 12.1 Å². The first-order chi connectivity index (χ1) is 8.15. The number of aliphatic hydroxyl groups is 2. The van der Waals surface area contributed by atoms with Crippen LogP contribution >= 0.6 is 0 Å². The van der Waals surface area contributed by atoms with Crippen LogP contribution in [0, 0.1) is 5.82 Å². The van der Waals surface area contributed by atoms with Crippen LogP contribution in [0.3, 0.4) is 0 Å². The second kappa shape index (κ2) is 5.12. The van der Waals surface area contributed by atoms with Crippen molar-refractivity contribution in [1.82, 2.24) is 5.32 Å². The molecular weight excluding hydrogens is 221 g/mol. The second-order valence-corrected chi connectivity index (χ2v) is 4.74. The van der Waals surface area contributed by atoms with Crippen LogP contribution in [0.5, 0.6) is 0 Å². The maximum atomic E-state index is 12.7. The highest BCUT2D eigenvalue weighted by atomic mass is 19.1. The number of benzene rings is 1. The maximum absolute atomic E-state index is 12.7. The van der Waals surface area contributed by atoms with Crippen LogP contribution in [0.2, 0.25) is 0 Å². The largest absolute Gasteiger partial charge is 0.394 e. The van der Waals surface area contributed by atoms with E-state index in [1.807, 2.05) is 0 Å². The van der Waals surface area contributed by atoms with Gasteiger partial charge in [-0.05, 0) is 37.0 Å². The van der Waals surface area contributed by atoms with E-state index in [1.165, 1.54) is 12.1 Å². The summed E-state index contributed by atoms with van der Waals surface area (Å²) in [5.74, 6) is -0.306. The van der Waals surface area contributed by atoms with E-state index in [9.17, 15) is 14.6 Å².